The van der Waals surface area contributed by atoms with Crippen LogP contribution in [-0.4, -0.2) is 78.4 Å². The Balaban J connectivity index is 0.000000378. The average Bonchev–Trinajstić information content (AvgIpc) is 3.25. The number of carbonyl (C=O) groups excluding carboxylic acids is 1. The third-order valence-electron chi connectivity index (χ3n) is 6.01. The molecule has 0 bridgehead atoms. The van der Waals surface area contributed by atoms with E-state index in [2.05, 4.69) is 10.5 Å². The third kappa shape index (κ3) is 7.72. The molecule has 0 spiro atoms. The van der Waals surface area contributed by atoms with Gasteiger partial charge in [-0.15, -0.1) is 0 Å². The Morgan fingerprint density at radius 3 is 1.95 bits per heavy atom. The van der Waals surface area contributed by atoms with E-state index in [0.29, 0.717) is 26.4 Å². The summed E-state index contributed by atoms with van der Waals surface area (Å²) in [5.74, 6) is -3.77. The minimum absolute atomic E-state index is 0.228. The van der Waals surface area contributed by atoms with Crippen molar-refractivity contribution in [1.82, 2.24) is 20.2 Å². The van der Waals surface area contributed by atoms with Gasteiger partial charge in [-0.2, -0.15) is 5.10 Å². The van der Waals surface area contributed by atoms with Crippen molar-refractivity contribution in [2.75, 3.05) is 13.1 Å². The zero-order valence-electron chi connectivity index (χ0n) is 21.2. The number of aromatic nitrogens is 2. The Morgan fingerprint density at radius 2 is 1.43 bits per heavy atom. The van der Waals surface area contributed by atoms with E-state index in [4.69, 9.17) is 55.2 Å². The number of nitrogens with zero attached hydrogens (tertiary/aromatic N) is 3. The molecule has 0 saturated carbocycles. The van der Waals surface area contributed by atoms with Crippen LogP contribution in [0.25, 0.3) is 16.9 Å². The summed E-state index contributed by atoms with van der Waals surface area (Å²) in [4.78, 5) is 32.6. The lowest BCUT2D eigenvalue weighted by atomic mass is 10.1. The number of carbonyl (C=O) groups is 3. The van der Waals surface area contributed by atoms with Gasteiger partial charge in [0.2, 0.25) is 0 Å². The molecule has 3 aromatic rings. The molecule has 1 aromatic heterocycles. The zero-order chi connectivity index (χ0) is 29.6. The van der Waals surface area contributed by atoms with E-state index in [9.17, 15) is 14.4 Å². The number of carboxylic acid groups (broad SMARTS) is 2. The number of aliphatic hydroxyl groups excluding tert-OH is 2. The molecule has 1 amide bonds. The van der Waals surface area contributed by atoms with Gasteiger partial charge in [0, 0.05) is 34.3 Å². The normalized spacial score (nSPS) is 14.9. The van der Waals surface area contributed by atoms with Gasteiger partial charge >= 0.3 is 11.9 Å². The van der Waals surface area contributed by atoms with Crippen LogP contribution in [0.3, 0.4) is 0 Å². The SMILES string of the molecule is Cc1c(C(=O)NN2CCCCC2)nn(-c2ccc(Cl)cc2Cl)c1-c1ccc(Cl)cc1.O=C(O)C(O)C(O)C(=O)O. The summed E-state index contributed by atoms with van der Waals surface area (Å²) >= 11 is 18.6. The van der Waals surface area contributed by atoms with E-state index in [1.165, 1.54) is 6.42 Å². The number of halogens is 3. The van der Waals surface area contributed by atoms with Crippen LogP contribution in [0.4, 0.5) is 0 Å². The molecule has 214 valence electrons. The van der Waals surface area contributed by atoms with Crippen LogP contribution >= 0.6 is 34.8 Å². The van der Waals surface area contributed by atoms with Crippen LogP contribution < -0.4 is 5.43 Å². The maximum atomic E-state index is 13.1. The molecule has 14 heteroatoms. The first kappa shape index (κ1) is 31.3. The van der Waals surface area contributed by atoms with Crippen molar-refractivity contribution in [3.8, 4) is 16.9 Å². The van der Waals surface area contributed by atoms with Crippen molar-refractivity contribution in [3.63, 3.8) is 0 Å². The highest BCUT2D eigenvalue weighted by Crippen LogP contribution is 2.33. The molecular weight excluding hydrogens is 587 g/mol. The highest BCUT2D eigenvalue weighted by molar-refractivity contribution is 6.35. The summed E-state index contributed by atoms with van der Waals surface area (Å²) in [7, 11) is 0. The Hall–Kier alpha value is -3.19. The number of aliphatic carboxylic acids is 2. The predicted molar refractivity (Wildman–Crippen MR) is 149 cm³/mol. The number of nitrogens with one attached hydrogen (secondary N) is 1. The van der Waals surface area contributed by atoms with Gasteiger partial charge in [0.25, 0.3) is 5.91 Å². The number of benzene rings is 2. The Labute approximate surface area is 244 Å². The maximum Gasteiger partial charge on any atom is 0.335 e. The van der Waals surface area contributed by atoms with Gasteiger partial charge in [0.05, 0.1) is 16.4 Å². The van der Waals surface area contributed by atoms with E-state index in [1.807, 2.05) is 36.2 Å². The summed E-state index contributed by atoms with van der Waals surface area (Å²) in [6, 6.07) is 12.6. The van der Waals surface area contributed by atoms with Gasteiger partial charge in [-0.1, -0.05) is 53.4 Å². The highest BCUT2D eigenvalue weighted by Gasteiger charge is 2.29. The van der Waals surface area contributed by atoms with E-state index < -0.39 is 24.1 Å². The minimum atomic E-state index is -2.27. The number of rotatable bonds is 7. The lowest BCUT2D eigenvalue weighted by molar-refractivity contribution is -0.165. The Morgan fingerprint density at radius 1 is 0.875 bits per heavy atom. The fraction of sp³-hybridized carbons (Fsp3) is 0.308. The van der Waals surface area contributed by atoms with Crippen molar-refractivity contribution in [1.29, 1.82) is 0 Å². The molecule has 1 fully saturated rings. The Bertz CT molecular complexity index is 1360. The van der Waals surface area contributed by atoms with Crippen LogP contribution in [0.15, 0.2) is 42.5 Å². The number of hydrogen-bond acceptors (Lipinski definition) is 7. The summed E-state index contributed by atoms with van der Waals surface area (Å²) in [6.07, 6.45) is -1.20. The molecule has 1 saturated heterocycles. The third-order valence-corrected chi connectivity index (χ3v) is 6.80. The monoisotopic (exact) mass is 612 g/mol. The second-order valence-electron chi connectivity index (χ2n) is 8.89. The average molecular weight is 614 g/mol. The van der Waals surface area contributed by atoms with Crippen LogP contribution in [-0.2, 0) is 9.59 Å². The molecular formula is C26H27Cl3N4O7. The zero-order valence-corrected chi connectivity index (χ0v) is 23.5. The smallest absolute Gasteiger partial charge is 0.335 e. The molecule has 2 heterocycles. The van der Waals surface area contributed by atoms with Gasteiger partial charge in [-0.05, 0) is 50.1 Å². The standard InChI is InChI=1S/C22H21Cl3N4O.C4H6O6/c1-14-20(22(30)27-28-11-3-2-4-12-28)26-29(19-10-9-17(24)13-18(19)25)21(14)15-5-7-16(23)8-6-15;5-1(3(7)8)2(6)4(9)10/h5-10,13H,2-4,11-12H2,1H3,(H,27,30);1-2,5-6H,(H,7,8)(H,9,10). The van der Waals surface area contributed by atoms with Crippen LogP contribution in [0, 0.1) is 6.92 Å². The molecule has 2 aromatic carbocycles. The number of aliphatic hydroxyl groups is 2. The highest BCUT2D eigenvalue weighted by atomic mass is 35.5. The molecule has 5 N–H and O–H groups in total. The summed E-state index contributed by atoms with van der Waals surface area (Å²) in [5.41, 5.74) is 6.42. The maximum absolute atomic E-state index is 13.1. The van der Waals surface area contributed by atoms with Gasteiger partial charge < -0.3 is 20.4 Å². The molecule has 0 aliphatic carbocycles. The Kier molecular flexibility index (Phi) is 10.9. The summed E-state index contributed by atoms with van der Waals surface area (Å²) in [6.45, 7) is 3.58. The first-order valence-corrected chi connectivity index (χ1v) is 13.2. The topological polar surface area (TPSA) is 165 Å². The van der Waals surface area contributed by atoms with Gasteiger partial charge in [-0.3, -0.25) is 10.2 Å². The van der Waals surface area contributed by atoms with Crippen molar-refractivity contribution >= 4 is 52.6 Å². The quantitative estimate of drug-likeness (QED) is 0.266. The molecule has 1 aliphatic rings. The molecule has 2 atom stereocenters. The summed E-state index contributed by atoms with van der Waals surface area (Å²) in [5, 5.41) is 40.8. The number of carboxylic acids is 2. The first-order chi connectivity index (χ1) is 18.9. The lowest BCUT2D eigenvalue weighted by Crippen LogP contribution is -2.45. The molecule has 1 aliphatic heterocycles. The largest absolute Gasteiger partial charge is 0.479 e. The van der Waals surface area contributed by atoms with Crippen molar-refractivity contribution in [2.45, 2.75) is 38.4 Å². The second-order valence-corrected chi connectivity index (χ2v) is 10.2. The van der Waals surface area contributed by atoms with Crippen molar-refractivity contribution < 1.29 is 34.8 Å². The first-order valence-electron chi connectivity index (χ1n) is 12.1. The van der Waals surface area contributed by atoms with E-state index >= 15 is 0 Å². The minimum Gasteiger partial charge on any atom is -0.479 e. The molecule has 40 heavy (non-hydrogen) atoms. The number of piperidine rings is 1. The van der Waals surface area contributed by atoms with Gasteiger partial charge in [-0.25, -0.2) is 19.3 Å². The number of hydrazine groups is 1. The number of amides is 1. The van der Waals surface area contributed by atoms with E-state index in [0.717, 1.165) is 42.8 Å². The fourth-order valence-electron chi connectivity index (χ4n) is 3.96. The molecule has 0 radical (unpaired) electrons. The molecule has 4 rings (SSSR count). The van der Waals surface area contributed by atoms with Crippen LogP contribution in [0.1, 0.15) is 35.3 Å². The van der Waals surface area contributed by atoms with Crippen molar-refractivity contribution in [3.05, 3.63) is 68.8 Å². The van der Waals surface area contributed by atoms with Gasteiger partial charge in [0.1, 0.15) is 0 Å². The fourth-order valence-corrected chi connectivity index (χ4v) is 4.57. The van der Waals surface area contributed by atoms with E-state index in [-0.39, 0.29) is 5.91 Å². The predicted octanol–water partition coefficient (Wildman–Crippen LogP) is 3.82. The van der Waals surface area contributed by atoms with Crippen molar-refractivity contribution in [2.24, 2.45) is 0 Å². The molecule has 2 unspecified atom stereocenters. The lowest BCUT2D eigenvalue weighted by Gasteiger charge is -2.26. The number of hydrogen-bond donors (Lipinski definition) is 5. The summed E-state index contributed by atoms with van der Waals surface area (Å²) < 4.78 is 1.70. The van der Waals surface area contributed by atoms with Gasteiger partial charge in [0.15, 0.2) is 17.9 Å². The van der Waals surface area contributed by atoms with Crippen LogP contribution in [0.5, 0.6) is 0 Å². The second kappa shape index (κ2) is 13.9. The van der Waals surface area contributed by atoms with E-state index in [1.54, 1.807) is 22.9 Å². The molecule has 11 nitrogen and oxygen atoms in total. The van der Waals surface area contributed by atoms with Crippen LogP contribution in [0.2, 0.25) is 15.1 Å².